The van der Waals surface area contributed by atoms with E-state index in [1.54, 1.807) is 24.4 Å². The Morgan fingerprint density at radius 3 is 2.69 bits per heavy atom. The Bertz CT molecular complexity index is 954. The number of aromatic nitrogens is 1. The average Bonchev–Trinajstić information content (AvgIpc) is 3.20. The smallest absolute Gasteiger partial charge is 0.224 e. The van der Waals surface area contributed by atoms with Crippen molar-refractivity contribution in [1.82, 2.24) is 4.98 Å². The number of Topliss-reactive ketones (excluding diaryl/α,β-unsaturated/α-hetero) is 1. The van der Waals surface area contributed by atoms with Crippen molar-refractivity contribution >= 4 is 28.7 Å². The van der Waals surface area contributed by atoms with Gasteiger partial charge in [-0.25, -0.2) is 4.98 Å². The number of hydrogen-bond acceptors (Lipinski definition) is 4. The van der Waals surface area contributed by atoms with Gasteiger partial charge in [-0.15, -0.1) is 11.3 Å². The molecule has 1 N–H and O–H groups in total. The minimum Gasteiger partial charge on any atom is -0.326 e. The molecule has 2 heterocycles. The summed E-state index contributed by atoms with van der Waals surface area (Å²) in [5.41, 5.74) is 2.13. The van der Waals surface area contributed by atoms with Crippen molar-refractivity contribution in [3.63, 3.8) is 0 Å². The van der Waals surface area contributed by atoms with Crippen LogP contribution >= 0.6 is 11.3 Å². The topological polar surface area (TPSA) is 59.1 Å². The number of pyridine rings is 1. The van der Waals surface area contributed by atoms with Gasteiger partial charge in [-0.3, -0.25) is 9.59 Å². The average molecular weight is 360 g/mol. The zero-order chi connectivity index (χ0) is 18.2. The minimum absolute atomic E-state index is 0.00914. The first-order valence-electron chi connectivity index (χ1n) is 8.10. The lowest BCUT2D eigenvalue weighted by molar-refractivity contribution is -0.116. The van der Waals surface area contributed by atoms with E-state index in [2.05, 4.69) is 22.1 Å². The molecule has 0 atom stereocenters. The molecule has 0 aliphatic heterocycles. The van der Waals surface area contributed by atoms with Crippen LogP contribution < -0.4 is 5.32 Å². The summed E-state index contributed by atoms with van der Waals surface area (Å²) in [5, 5.41) is 4.66. The molecule has 5 heteroatoms. The molecule has 2 aromatic heterocycles. The van der Waals surface area contributed by atoms with Crippen molar-refractivity contribution < 1.29 is 9.59 Å². The van der Waals surface area contributed by atoms with Crippen LogP contribution in [0.2, 0.25) is 0 Å². The Morgan fingerprint density at radius 1 is 1.00 bits per heavy atom. The maximum Gasteiger partial charge on any atom is 0.224 e. The third-order valence-corrected chi connectivity index (χ3v) is 4.43. The second kappa shape index (κ2) is 8.75. The van der Waals surface area contributed by atoms with Gasteiger partial charge in [0.15, 0.2) is 5.78 Å². The zero-order valence-electron chi connectivity index (χ0n) is 13.9. The Labute approximate surface area is 155 Å². The molecule has 0 saturated heterocycles. The molecule has 3 rings (SSSR count). The number of amides is 1. The van der Waals surface area contributed by atoms with Crippen LogP contribution in [-0.4, -0.2) is 16.7 Å². The number of thiophene rings is 1. The van der Waals surface area contributed by atoms with Gasteiger partial charge in [0.05, 0.1) is 4.88 Å². The van der Waals surface area contributed by atoms with Gasteiger partial charge in [-0.1, -0.05) is 24.1 Å². The summed E-state index contributed by atoms with van der Waals surface area (Å²) >= 11 is 1.39. The lowest BCUT2D eigenvalue weighted by Gasteiger charge is -2.05. The normalized spacial score (nSPS) is 9.85. The highest BCUT2D eigenvalue weighted by atomic mass is 32.1. The molecule has 128 valence electrons. The number of nitrogens with one attached hydrogen (secondary N) is 1. The van der Waals surface area contributed by atoms with E-state index in [0.717, 1.165) is 5.56 Å². The Hall–Kier alpha value is -3.23. The van der Waals surface area contributed by atoms with E-state index in [1.165, 1.54) is 11.3 Å². The van der Waals surface area contributed by atoms with Gasteiger partial charge >= 0.3 is 0 Å². The fraction of sp³-hybridized carbons (Fsp3) is 0.0952. The van der Waals surface area contributed by atoms with E-state index in [4.69, 9.17) is 0 Å². The third-order valence-electron chi connectivity index (χ3n) is 3.52. The van der Waals surface area contributed by atoms with Gasteiger partial charge in [-0.05, 0) is 47.7 Å². The Kier molecular flexibility index (Phi) is 5.92. The van der Waals surface area contributed by atoms with Gasteiger partial charge in [-0.2, -0.15) is 0 Å². The third kappa shape index (κ3) is 5.13. The fourth-order valence-electron chi connectivity index (χ4n) is 2.26. The van der Waals surface area contributed by atoms with Crippen LogP contribution in [0.1, 0.15) is 33.8 Å². The lowest BCUT2D eigenvalue weighted by Crippen LogP contribution is -2.13. The molecule has 4 nitrogen and oxygen atoms in total. The van der Waals surface area contributed by atoms with E-state index < -0.39 is 0 Å². The highest BCUT2D eigenvalue weighted by Gasteiger charge is 2.10. The number of ketones is 1. The Balaban J connectivity index is 1.57. The van der Waals surface area contributed by atoms with E-state index in [-0.39, 0.29) is 24.5 Å². The second-order valence-electron chi connectivity index (χ2n) is 5.49. The van der Waals surface area contributed by atoms with Gasteiger partial charge in [0.25, 0.3) is 0 Å². The van der Waals surface area contributed by atoms with E-state index >= 15 is 0 Å². The van der Waals surface area contributed by atoms with Crippen molar-refractivity contribution in [3.8, 4) is 11.8 Å². The van der Waals surface area contributed by atoms with Crippen LogP contribution in [0.3, 0.4) is 0 Å². The predicted octanol–water partition coefficient (Wildman–Crippen LogP) is 4.14. The molecular formula is C21H16N2O2S. The molecule has 0 unspecified atom stereocenters. The van der Waals surface area contributed by atoms with Crippen LogP contribution in [0.4, 0.5) is 5.69 Å². The number of rotatable bonds is 5. The number of hydrogen-bond donors (Lipinski definition) is 1. The second-order valence-corrected chi connectivity index (χ2v) is 6.44. The van der Waals surface area contributed by atoms with Crippen molar-refractivity contribution in [3.05, 3.63) is 82.3 Å². The molecule has 0 aliphatic carbocycles. The molecule has 0 spiro atoms. The first-order chi connectivity index (χ1) is 12.7. The first-order valence-corrected chi connectivity index (χ1v) is 8.98. The van der Waals surface area contributed by atoms with E-state index in [9.17, 15) is 9.59 Å². The van der Waals surface area contributed by atoms with Crippen molar-refractivity contribution in [2.45, 2.75) is 12.8 Å². The number of anilines is 1. The van der Waals surface area contributed by atoms with Gasteiger partial charge in [0.2, 0.25) is 5.91 Å². The summed E-state index contributed by atoms with van der Waals surface area (Å²) in [7, 11) is 0. The number of benzene rings is 1. The van der Waals surface area contributed by atoms with Crippen LogP contribution in [0.25, 0.3) is 0 Å². The molecule has 1 amide bonds. The lowest BCUT2D eigenvalue weighted by atomic mass is 10.1. The summed E-state index contributed by atoms with van der Waals surface area (Å²) in [5.74, 6) is 5.81. The summed E-state index contributed by atoms with van der Waals surface area (Å²) in [6, 6.07) is 16.4. The maximum absolute atomic E-state index is 12.1. The quantitative estimate of drug-likeness (QED) is 0.549. The van der Waals surface area contributed by atoms with Gasteiger partial charge in [0.1, 0.15) is 5.69 Å². The monoisotopic (exact) mass is 360 g/mol. The number of nitrogens with zero attached hydrogens (tertiary/aromatic N) is 1. The molecule has 26 heavy (non-hydrogen) atoms. The maximum atomic E-state index is 12.1. The van der Waals surface area contributed by atoms with E-state index in [1.807, 2.05) is 41.8 Å². The molecular weight excluding hydrogens is 344 g/mol. The minimum atomic E-state index is -0.190. The number of carbonyl (C=O) groups excluding carboxylic acids is 2. The summed E-state index contributed by atoms with van der Waals surface area (Å²) < 4.78 is 0. The van der Waals surface area contributed by atoms with Crippen molar-refractivity contribution in [2.24, 2.45) is 0 Å². The van der Waals surface area contributed by atoms with Crippen LogP contribution in [-0.2, 0) is 4.79 Å². The SMILES string of the molecule is O=C(CCC(=O)c1cccs1)Nc1cccc(C#Cc2ccccn2)c1. The van der Waals surface area contributed by atoms with Crippen LogP contribution in [0.5, 0.6) is 0 Å². The molecule has 0 radical (unpaired) electrons. The highest BCUT2D eigenvalue weighted by molar-refractivity contribution is 7.12. The Morgan fingerprint density at radius 2 is 1.92 bits per heavy atom. The molecule has 0 fully saturated rings. The van der Waals surface area contributed by atoms with Crippen molar-refractivity contribution in [1.29, 1.82) is 0 Å². The molecule has 0 saturated carbocycles. The van der Waals surface area contributed by atoms with Gasteiger partial charge in [0, 0.05) is 30.3 Å². The predicted molar refractivity (Wildman–Crippen MR) is 103 cm³/mol. The first kappa shape index (κ1) is 17.6. The van der Waals surface area contributed by atoms with Crippen LogP contribution in [0.15, 0.2) is 66.2 Å². The highest BCUT2D eigenvalue weighted by Crippen LogP contribution is 2.14. The van der Waals surface area contributed by atoms with E-state index in [0.29, 0.717) is 16.3 Å². The largest absolute Gasteiger partial charge is 0.326 e. The standard InChI is InChI=1S/C21H16N2O2S/c24-19(20-8-4-14-26-20)11-12-21(25)23-18-7-3-5-16(15-18)9-10-17-6-1-2-13-22-17/h1-8,13-15H,11-12H2,(H,23,25). The molecule has 1 aromatic carbocycles. The molecule has 0 aliphatic rings. The summed E-state index contributed by atoms with van der Waals surface area (Å²) in [6.07, 6.45) is 2.05. The van der Waals surface area contributed by atoms with Crippen molar-refractivity contribution in [2.75, 3.05) is 5.32 Å². The molecule has 0 bridgehead atoms. The van der Waals surface area contributed by atoms with Gasteiger partial charge < -0.3 is 5.32 Å². The fourth-order valence-corrected chi connectivity index (χ4v) is 2.95. The van der Waals surface area contributed by atoms with Crippen LogP contribution in [0, 0.1) is 11.8 Å². The summed E-state index contributed by atoms with van der Waals surface area (Å²) in [4.78, 5) is 28.9. The number of carbonyl (C=O) groups is 2. The summed E-state index contributed by atoms with van der Waals surface area (Å²) in [6.45, 7) is 0. The zero-order valence-corrected chi connectivity index (χ0v) is 14.8. The molecule has 3 aromatic rings.